The molecule has 0 saturated heterocycles. The number of hydrogen-bond donors (Lipinski definition) is 1. The average Bonchev–Trinajstić information content (AvgIpc) is 2.79. The van der Waals surface area contributed by atoms with Crippen LogP contribution in [0.5, 0.6) is 0 Å². The third-order valence-corrected chi connectivity index (χ3v) is 3.15. The van der Waals surface area contributed by atoms with Crippen molar-refractivity contribution in [1.29, 1.82) is 0 Å². The highest BCUT2D eigenvalue weighted by Gasteiger charge is 2.22. The molecule has 1 fully saturated rings. The van der Waals surface area contributed by atoms with E-state index in [4.69, 9.17) is 5.11 Å². The summed E-state index contributed by atoms with van der Waals surface area (Å²) in [4.78, 5) is 5.65. The highest BCUT2D eigenvalue weighted by Crippen LogP contribution is 2.27. The van der Waals surface area contributed by atoms with E-state index in [9.17, 15) is 4.39 Å². The highest BCUT2D eigenvalue weighted by atomic mass is 19.1. The Morgan fingerprint density at radius 1 is 1.44 bits per heavy atom. The predicted octanol–water partition coefficient (Wildman–Crippen LogP) is 1.96. The van der Waals surface area contributed by atoms with Crippen molar-refractivity contribution >= 4 is 5.69 Å². The van der Waals surface area contributed by atoms with Crippen LogP contribution in [0, 0.1) is 5.95 Å². The summed E-state index contributed by atoms with van der Waals surface area (Å²) in [6.07, 6.45) is 6.18. The Balaban J connectivity index is 2.17. The fourth-order valence-electron chi connectivity index (χ4n) is 2.42. The molecule has 1 aliphatic carbocycles. The van der Waals surface area contributed by atoms with E-state index in [1.54, 1.807) is 6.07 Å². The van der Waals surface area contributed by atoms with Crippen molar-refractivity contribution in [2.45, 2.75) is 31.7 Å². The second kappa shape index (κ2) is 5.25. The monoisotopic (exact) mass is 224 g/mol. The van der Waals surface area contributed by atoms with Crippen LogP contribution in [0.4, 0.5) is 10.1 Å². The molecule has 0 aliphatic heterocycles. The maximum Gasteiger partial charge on any atom is 0.214 e. The van der Waals surface area contributed by atoms with Crippen molar-refractivity contribution in [2.24, 2.45) is 0 Å². The lowest BCUT2D eigenvalue weighted by atomic mass is 10.2. The standard InChI is InChI=1S/C12H17FN2O/c13-12-9-11(5-6-14-12)15(7-8-16)10-3-1-2-4-10/h5-6,9-10,16H,1-4,7-8H2. The van der Waals surface area contributed by atoms with Crippen LogP contribution < -0.4 is 4.90 Å². The van der Waals surface area contributed by atoms with Gasteiger partial charge in [0.1, 0.15) is 0 Å². The number of halogens is 1. The number of aromatic nitrogens is 1. The SMILES string of the molecule is OCCN(c1ccnc(F)c1)C1CCCC1. The molecule has 1 aliphatic rings. The van der Waals surface area contributed by atoms with Crippen LogP contribution >= 0.6 is 0 Å². The summed E-state index contributed by atoms with van der Waals surface area (Å²) < 4.78 is 13.1. The minimum atomic E-state index is -0.460. The Morgan fingerprint density at radius 3 is 2.81 bits per heavy atom. The van der Waals surface area contributed by atoms with Crippen LogP contribution in [-0.2, 0) is 0 Å². The van der Waals surface area contributed by atoms with Crippen LogP contribution in [0.3, 0.4) is 0 Å². The first-order valence-electron chi connectivity index (χ1n) is 5.80. The van der Waals surface area contributed by atoms with E-state index in [1.165, 1.54) is 25.1 Å². The van der Waals surface area contributed by atoms with E-state index in [0.29, 0.717) is 12.6 Å². The van der Waals surface area contributed by atoms with Crippen molar-refractivity contribution in [1.82, 2.24) is 4.98 Å². The van der Waals surface area contributed by atoms with Crippen molar-refractivity contribution in [3.63, 3.8) is 0 Å². The van der Waals surface area contributed by atoms with E-state index in [2.05, 4.69) is 9.88 Å². The van der Waals surface area contributed by atoms with Crippen LogP contribution in [0.1, 0.15) is 25.7 Å². The van der Waals surface area contributed by atoms with E-state index in [1.807, 2.05) is 0 Å². The summed E-state index contributed by atoms with van der Waals surface area (Å²) in [6.45, 7) is 0.661. The molecule has 1 aromatic rings. The van der Waals surface area contributed by atoms with E-state index in [-0.39, 0.29) is 6.61 Å². The van der Waals surface area contributed by atoms with Gasteiger partial charge in [0.05, 0.1) is 6.61 Å². The largest absolute Gasteiger partial charge is 0.395 e. The van der Waals surface area contributed by atoms with Gasteiger partial charge < -0.3 is 10.0 Å². The maximum absolute atomic E-state index is 13.1. The van der Waals surface area contributed by atoms with Gasteiger partial charge in [-0.25, -0.2) is 4.98 Å². The molecule has 0 spiro atoms. The lowest BCUT2D eigenvalue weighted by molar-refractivity contribution is 0.297. The zero-order chi connectivity index (χ0) is 11.4. The molecule has 0 bridgehead atoms. The van der Waals surface area contributed by atoms with Crippen LogP contribution in [0.15, 0.2) is 18.3 Å². The number of aliphatic hydroxyl groups excluding tert-OH is 1. The van der Waals surface area contributed by atoms with Crippen molar-refractivity contribution < 1.29 is 9.50 Å². The predicted molar refractivity (Wildman–Crippen MR) is 60.9 cm³/mol. The number of rotatable bonds is 4. The molecule has 1 heterocycles. The van der Waals surface area contributed by atoms with Gasteiger partial charge in [0, 0.05) is 30.5 Å². The lowest BCUT2D eigenvalue weighted by Crippen LogP contribution is -2.35. The summed E-state index contributed by atoms with van der Waals surface area (Å²) in [5.74, 6) is -0.460. The Kier molecular flexibility index (Phi) is 3.72. The molecule has 1 N–H and O–H groups in total. The molecule has 1 aromatic heterocycles. The van der Waals surface area contributed by atoms with E-state index < -0.39 is 5.95 Å². The van der Waals surface area contributed by atoms with Gasteiger partial charge in [-0.2, -0.15) is 4.39 Å². The van der Waals surface area contributed by atoms with Crippen molar-refractivity contribution in [2.75, 3.05) is 18.1 Å². The fraction of sp³-hybridized carbons (Fsp3) is 0.583. The van der Waals surface area contributed by atoms with Crippen molar-refractivity contribution in [3.8, 4) is 0 Å². The van der Waals surface area contributed by atoms with Gasteiger partial charge in [-0.05, 0) is 18.9 Å². The number of hydrogen-bond acceptors (Lipinski definition) is 3. The van der Waals surface area contributed by atoms with E-state index >= 15 is 0 Å². The third kappa shape index (κ3) is 2.50. The third-order valence-electron chi connectivity index (χ3n) is 3.15. The number of aliphatic hydroxyl groups is 1. The molecular formula is C12H17FN2O. The highest BCUT2D eigenvalue weighted by molar-refractivity contribution is 5.46. The van der Waals surface area contributed by atoms with Gasteiger partial charge in [-0.3, -0.25) is 0 Å². The van der Waals surface area contributed by atoms with Gasteiger partial charge in [0.25, 0.3) is 0 Å². The normalized spacial score (nSPS) is 16.6. The van der Waals surface area contributed by atoms with Gasteiger partial charge >= 0.3 is 0 Å². The van der Waals surface area contributed by atoms with Crippen molar-refractivity contribution in [3.05, 3.63) is 24.3 Å². The molecule has 0 radical (unpaired) electrons. The lowest BCUT2D eigenvalue weighted by Gasteiger charge is -2.30. The first kappa shape index (κ1) is 11.3. The first-order chi connectivity index (χ1) is 7.81. The Bertz CT molecular complexity index is 340. The molecule has 16 heavy (non-hydrogen) atoms. The maximum atomic E-state index is 13.1. The second-order valence-electron chi connectivity index (χ2n) is 4.19. The van der Waals surface area contributed by atoms with E-state index in [0.717, 1.165) is 18.5 Å². The zero-order valence-corrected chi connectivity index (χ0v) is 9.27. The van der Waals surface area contributed by atoms with Crippen LogP contribution in [0.2, 0.25) is 0 Å². The number of pyridine rings is 1. The van der Waals surface area contributed by atoms with Crippen LogP contribution in [-0.4, -0.2) is 29.3 Å². The second-order valence-corrected chi connectivity index (χ2v) is 4.19. The molecule has 2 rings (SSSR count). The molecule has 0 aromatic carbocycles. The zero-order valence-electron chi connectivity index (χ0n) is 9.27. The Morgan fingerprint density at radius 2 is 2.19 bits per heavy atom. The summed E-state index contributed by atoms with van der Waals surface area (Å²) in [7, 11) is 0. The summed E-state index contributed by atoms with van der Waals surface area (Å²) in [5, 5.41) is 9.08. The van der Waals surface area contributed by atoms with Crippen LogP contribution in [0.25, 0.3) is 0 Å². The molecule has 3 nitrogen and oxygen atoms in total. The quantitative estimate of drug-likeness (QED) is 0.794. The number of nitrogens with zero attached hydrogens (tertiary/aromatic N) is 2. The molecule has 0 atom stereocenters. The molecular weight excluding hydrogens is 207 g/mol. The van der Waals surface area contributed by atoms with Gasteiger partial charge in [0.15, 0.2) is 0 Å². The molecule has 4 heteroatoms. The average molecular weight is 224 g/mol. The van der Waals surface area contributed by atoms with Gasteiger partial charge in [-0.15, -0.1) is 0 Å². The number of anilines is 1. The molecule has 0 unspecified atom stereocenters. The molecule has 88 valence electrons. The summed E-state index contributed by atoms with van der Waals surface area (Å²) in [5.41, 5.74) is 0.827. The minimum Gasteiger partial charge on any atom is -0.395 e. The molecule has 0 amide bonds. The Hall–Kier alpha value is -1.16. The summed E-state index contributed by atoms with van der Waals surface area (Å²) >= 11 is 0. The van der Waals surface area contributed by atoms with Gasteiger partial charge in [-0.1, -0.05) is 12.8 Å². The molecule has 1 saturated carbocycles. The first-order valence-corrected chi connectivity index (χ1v) is 5.80. The Labute approximate surface area is 94.9 Å². The van der Waals surface area contributed by atoms with Gasteiger partial charge in [0.2, 0.25) is 5.95 Å². The smallest absolute Gasteiger partial charge is 0.214 e. The minimum absolute atomic E-state index is 0.0977. The fourth-order valence-corrected chi connectivity index (χ4v) is 2.42. The topological polar surface area (TPSA) is 36.4 Å². The summed E-state index contributed by atoms with van der Waals surface area (Å²) in [6, 6.07) is 3.68.